The third kappa shape index (κ3) is 4.55. The van der Waals surface area contributed by atoms with Crippen LogP contribution in [0.1, 0.15) is 44.2 Å². The minimum atomic E-state index is 0.327. The van der Waals surface area contributed by atoms with Crippen LogP contribution in [0, 0.1) is 0 Å². The summed E-state index contributed by atoms with van der Waals surface area (Å²) in [6.45, 7) is 5.09. The second-order valence-corrected chi connectivity index (χ2v) is 6.76. The summed E-state index contributed by atoms with van der Waals surface area (Å²) in [4.78, 5) is 14.4. The SMILES string of the molecule is CCSCCC(=O)N(Cc1ccc(CC)cc1)C1CC1. The van der Waals surface area contributed by atoms with Gasteiger partial charge in [0.25, 0.3) is 0 Å². The van der Waals surface area contributed by atoms with Gasteiger partial charge in [-0.3, -0.25) is 4.79 Å². The smallest absolute Gasteiger partial charge is 0.223 e. The predicted molar refractivity (Wildman–Crippen MR) is 87.0 cm³/mol. The van der Waals surface area contributed by atoms with Gasteiger partial charge in [-0.2, -0.15) is 11.8 Å². The largest absolute Gasteiger partial charge is 0.335 e. The Bertz CT molecular complexity index is 425. The van der Waals surface area contributed by atoms with Gasteiger partial charge in [-0.15, -0.1) is 0 Å². The lowest BCUT2D eigenvalue weighted by Crippen LogP contribution is -2.32. The quantitative estimate of drug-likeness (QED) is 0.677. The van der Waals surface area contributed by atoms with E-state index in [1.165, 1.54) is 24.0 Å². The number of carbonyl (C=O) groups is 1. The Balaban J connectivity index is 1.92. The fraction of sp³-hybridized carbons (Fsp3) is 0.588. The van der Waals surface area contributed by atoms with Crippen molar-refractivity contribution >= 4 is 17.7 Å². The molecule has 0 bridgehead atoms. The molecule has 1 fully saturated rings. The molecule has 1 amide bonds. The zero-order valence-electron chi connectivity index (χ0n) is 12.6. The molecule has 0 atom stereocenters. The molecule has 2 rings (SSSR count). The number of benzene rings is 1. The zero-order chi connectivity index (χ0) is 14.4. The van der Waals surface area contributed by atoms with Crippen molar-refractivity contribution < 1.29 is 4.79 Å². The Morgan fingerprint density at radius 3 is 2.40 bits per heavy atom. The number of hydrogen-bond acceptors (Lipinski definition) is 2. The average Bonchev–Trinajstić information content (AvgIpc) is 3.30. The Hall–Kier alpha value is -0.960. The first-order valence-corrected chi connectivity index (χ1v) is 8.85. The topological polar surface area (TPSA) is 20.3 Å². The van der Waals surface area contributed by atoms with Crippen LogP contribution in [0.5, 0.6) is 0 Å². The molecule has 1 aromatic rings. The van der Waals surface area contributed by atoms with Gasteiger partial charge < -0.3 is 4.90 Å². The van der Waals surface area contributed by atoms with Crippen molar-refractivity contribution in [3.05, 3.63) is 35.4 Å². The van der Waals surface area contributed by atoms with Gasteiger partial charge >= 0.3 is 0 Å². The molecule has 0 N–H and O–H groups in total. The number of thioether (sulfide) groups is 1. The summed E-state index contributed by atoms with van der Waals surface area (Å²) in [7, 11) is 0. The summed E-state index contributed by atoms with van der Waals surface area (Å²) < 4.78 is 0. The van der Waals surface area contributed by atoms with Crippen molar-refractivity contribution in [2.75, 3.05) is 11.5 Å². The molecular weight excluding hydrogens is 266 g/mol. The molecule has 1 aliphatic rings. The second-order valence-electron chi connectivity index (χ2n) is 5.37. The van der Waals surface area contributed by atoms with Gasteiger partial charge in [-0.25, -0.2) is 0 Å². The van der Waals surface area contributed by atoms with Crippen LogP contribution in [0.3, 0.4) is 0 Å². The van der Waals surface area contributed by atoms with Crippen molar-refractivity contribution in [3.63, 3.8) is 0 Å². The van der Waals surface area contributed by atoms with Crippen LogP contribution in [0.15, 0.2) is 24.3 Å². The van der Waals surface area contributed by atoms with Crippen LogP contribution in [0.25, 0.3) is 0 Å². The highest BCUT2D eigenvalue weighted by Gasteiger charge is 2.32. The molecule has 20 heavy (non-hydrogen) atoms. The van der Waals surface area contributed by atoms with Crippen molar-refractivity contribution in [2.24, 2.45) is 0 Å². The van der Waals surface area contributed by atoms with E-state index < -0.39 is 0 Å². The minimum Gasteiger partial charge on any atom is -0.335 e. The molecule has 0 aliphatic heterocycles. The Morgan fingerprint density at radius 1 is 1.20 bits per heavy atom. The lowest BCUT2D eigenvalue weighted by molar-refractivity contribution is -0.131. The molecule has 0 radical (unpaired) electrons. The van der Waals surface area contributed by atoms with Crippen molar-refractivity contribution in [2.45, 2.75) is 52.1 Å². The van der Waals surface area contributed by atoms with Gasteiger partial charge in [-0.05, 0) is 36.1 Å². The maximum Gasteiger partial charge on any atom is 0.223 e. The molecule has 0 unspecified atom stereocenters. The summed E-state index contributed by atoms with van der Waals surface area (Å²) in [5.74, 6) is 2.37. The first kappa shape index (κ1) is 15.4. The van der Waals surface area contributed by atoms with Crippen molar-refractivity contribution in [3.8, 4) is 0 Å². The highest BCUT2D eigenvalue weighted by molar-refractivity contribution is 7.99. The summed E-state index contributed by atoms with van der Waals surface area (Å²) in [6, 6.07) is 9.19. The normalized spacial score (nSPS) is 14.3. The van der Waals surface area contributed by atoms with Gasteiger partial charge in [0.1, 0.15) is 0 Å². The van der Waals surface area contributed by atoms with Crippen LogP contribution in [0.2, 0.25) is 0 Å². The fourth-order valence-electron chi connectivity index (χ4n) is 2.33. The van der Waals surface area contributed by atoms with E-state index in [0.29, 0.717) is 18.4 Å². The molecule has 110 valence electrons. The van der Waals surface area contributed by atoms with Crippen molar-refractivity contribution in [1.29, 1.82) is 0 Å². The minimum absolute atomic E-state index is 0.327. The molecule has 0 saturated heterocycles. The third-order valence-corrected chi connectivity index (χ3v) is 4.66. The van der Waals surface area contributed by atoms with Gasteiger partial charge in [0.15, 0.2) is 0 Å². The number of hydrogen-bond donors (Lipinski definition) is 0. The van der Waals surface area contributed by atoms with Gasteiger partial charge in [-0.1, -0.05) is 38.1 Å². The Labute approximate surface area is 126 Å². The van der Waals surface area contributed by atoms with E-state index >= 15 is 0 Å². The average molecular weight is 291 g/mol. The van der Waals surface area contributed by atoms with Crippen LogP contribution >= 0.6 is 11.8 Å². The van der Waals surface area contributed by atoms with Crippen LogP contribution in [0.4, 0.5) is 0 Å². The van der Waals surface area contributed by atoms with Gasteiger partial charge in [0, 0.05) is 24.8 Å². The first-order valence-electron chi connectivity index (χ1n) is 7.69. The lowest BCUT2D eigenvalue weighted by atomic mass is 10.1. The highest BCUT2D eigenvalue weighted by Crippen LogP contribution is 2.29. The number of amides is 1. The number of carbonyl (C=O) groups excluding carboxylic acids is 1. The zero-order valence-corrected chi connectivity index (χ0v) is 13.4. The molecule has 0 heterocycles. The second kappa shape index (κ2) is 7.72. The summed E-state index contributed by atoms with van der Waals surface area (Å²) in [6.07, 6.45) is 4.11. The molecule has 1 aliphatic carbocycles. The van der Waals surface area contributed by atoms with E-state index in [9.17, 15) is 4.79 Å². The van der Waals surface area contributed by atoms with E-state index in [4.69, 9.17) is 0 Å². The summed E-state index contributed by atoms with van der Waals surface area (Å²) >= 11 is 1.85. The molecule has 1 aromatic carbocycles. The number of nitrogens with zero attached hydrogens (tertiary/aromatic N) is 1. The van der Waals surface area contributed by atoms with Crippen LogP contribution < -0.4 is 0 Å². The molecule has 0 spiro atoms. The highest BCUT2D eigenvalue weighted by atomic mass is 32.2. The Morgan fingerprint density at radius 2 is 1.85 bits per heavy atom. The lowest BCUT2D eigenvalue weighted by Gasteiger charge is -2.22. The van der Waals surface area contributed by atoms with E-state index in [-0.39, 0.29) is 0 Å². The maximum atomic E-state index is 12.3. The van der Waals surface area contributed by atoms with Crippen molar-refractivity contribution in [1.82, 2.24) is 4.90 Å². The standard InChI is InChI=1S/C17H25NOS/c1-3-14-5-7-15(8-6-14)13-18(16-9-10-16)17(19)11-12-20-4-2/h5-8,16H,3-4,9-13H2,1-2H3. The third-order valence-electron chi connectivity index (χ3n) is 3.76. The molecule has 3 heteroatoms. The summed E-state index contributed by atoms with van der Waals surface area (Å²) in [5.41, 5.74) is 2.61. The first-order chi connectivity index (χ1) is 9.74. The fourth-order valence-corrected chi connectivity index (χ4v) is 2.94. The van der Waals surface area contributed by atoms with E-state index in [1.54, 1.807) is 0 Å². The van der Waals surface area contributed by atoms with Crippen LogP contribution in [-0.4, -0.2) is 28.4 Å². The monoisotopic (exact) mass is 291 g/mol. The number of aryl methyl sites for hydroxylation is 1. The van der Waals surface area contributed by atoms with E-state index in [1.807, 2.05) is 11.8 Å². The van der Waals surface area contributed by atoms with E-state index in [2.05, 4.69) is 43.0 Å². The van der Waals surface area contributed by atoms with Crippen LogP contribution in [-0.2, 0) is 17.8 Å². The molecular formula is C17H25NOS. The predicted octanol–water partition coefficient (Wildman–Crippen LogP) is 3.88. The van der Waals surface area contributed by atoms with Gasteiger partial charge in [0.2, 0.25) is 5.91 Å². The Kier molecular flexibility index (Phi) is 5.96. The summed E-state index contributed by atoms with van der Waals surface area (Å²) in [5, 5.41) is 0. The maximum absolute atomic E-state index is 12.3. The molecule has 0 aromatic heterocycles. The molecule has 1 saturated carbocycles. The number of rotatable bonds is 8. The van der Waals surface area contributed by atoms with E-state index in [0.717, 1.165) is 24.5 Å². The molecule has 2 nitrogen and oxygen atoms in total. The van der Waals surface area contributed by atoms with Gasteiger partial charge in [0.05, 0.1) is 0 Å².